The molecule has 0 atom stereocenters. The molecule has 0 amide bonds. The molecule has 116 valence electrons. The second kappa shape index (κ2) is 7.80. The average molecular weight is 315 g/mol. The van der Waals surface area contributed by atoms with Crippen LogP contribution in [0.5, 0.6) is 0 Å². The molecule has 0 saturated heterocycles. The van der Waals surface area contributed by atoms with Crippen molar-refractivity contribution in [2.45, 2.75) is 48.9 Å². The van der Waals surface area contributed by atoms with E-state index in [0.717, 1.165) is 12.1 Å². The van der Waals surface area contributed by atoms with Crippen molar-refractivity contribution in [3.63, 3.8) is 0 Å². The first kappa shape index (κ1) is 15.6. The average Bonchev–Trinajstić information content (AvgIpc) is 3.07. The van der Waals surface area contributed by atoms with E-state index in [0.29, 0.717) is 11.8 Å². The Morgan fingerprint density at radius 3 is 2.45 bits per heavy atom. The molecule has 1 saturated carbocycles. The van der Waals surface area contributed by atoms with Crippen LogP contribution >= 0.6 is 11.8 Å². The Morgan fingerprint density at radius 1 is 1.00 bits per heavy atom. The summed E-state index contributed by atoms with van der Waals surface area (Å²) in [6, 6.07) is 16.3. The first-order valence-corrected chi connectivity index (χ1v) is 8.98. The Bertz CT molecular complexity index is 591. The second-order valence-electron chi connectivity index (χ2n) is 5.89. The monoisotopic (exact) mass is 315 g/mol. The topological polar surface area (TPSA) is 12.0 Å². The van der Waals surface area contributed by atoms with Crippen molar-refractivity contribution in [1.29, 1.82) is 0 Å². The summed E-state index contributed by atoms with van der Waals surface area (Å²) >= 11 is 1.68. The molecule has 0 bridgehead atoms. The third-order valence-electron chi connectivity index (χ3n) is 4.23. The van der Waals surface area contributed by atoms with E-state index in [9.17, 15) is 4.39 Å². The van der Waals surface area contributed by atoms with Gasteiger partial charge in [0.15, 0.2) is 0 Å². The van der Waals surface area contributed by atoms with Gasteiger partial charge in [0.1, 0.15) is 5.82 Å². The first-order chi connectivity index (χ1) is 10.8. The molecule has 22 heavy (non-hydrogen) atoms. The zero-order valence-corrected chi connectivity index (χ0v) is 13.5. The number of halogens is 1. The van der Waals surface area contributed by atoms with Gasteiger partial charge in [-0.1, -0.05) is 43.2 Å². The van der Waals surface area contributed by atoms with Crippen LogP contribution in [-0.2, 0) is 12.3 Å². The summed E-state index contributed by atoms with van der Waals surface area (Å²) in [5, 5.41) is 3.63. The highest BCUT2D eigenvalue weighted by Gasteiger charge is 2.13. The molecule has 3 heteroatoms. The molecule has 1 N–H and O–H groups in total. The predicted molar refractivity (Wildman–Crippen MR) is 91.5 cm³/mol. The third kappa shape index (κ3) is 4.34. The highest BCUT2D eigenvalue weighted by Crippen LogP contribution is 2.24. The molecule has 0 radical (unpaired) electrons. The van der Waals surface area contributed by atoms with Gasteiger partial charge in [0.05, 0.1) is 0 Å². The molecule has 0 heterocycles. The van der Waals surface area contributed by atoms with Crippen LogP contribution in [-0.4, -0.2) is 6.04 Å². The van der Waals surface area contributed by atoms with Crippen molar-refractivity contribution in [3.8, 4) is 0 Å². The minimum atomic E-state index is -0.118. The van der Waals surface area contributed by atoms with Gasteiger partial charge in [-0.3, -0.25) is 0 Å². The normalized spacial score (nSPS) is 15.3. The lowest BCUT2D eigenvalue weighted by atomic mass is 10.2. The maximum absolute atomic E-state index is 13.6. The molecule has 1 aliphatic carbocycles. The summed E-state index contributed by atoms with van der Waals surface area (Å²) in [6.07, 6.45) is 5.36. The molecular weight excluding hydrogens is 293 g/mol. The first-order valence-electron chi connectivity index (χ1n) is 8.00. The van der Waals surface area contributed by atoms with E-state index >= 15 is 0 Å². The van der Waals surface area contributed by atoms with Crippen molar-refractivity contribution in [2.24, 2.45) is 0 Å². The molecule has 1 aliphatic rings. The van der Waals surface area contributed by atoms with Crippen molar-refractivity contribution in [1.82, 2.24) is 5.32 Å². The van der Waals surface area contributed by atoms with Crippen LogP contribution in [0.2, 0.25) is 0 Å². The van der Waals surface area contributed by atoms with E-state index in [2.05, 4.69) is 29.6 Å². The molecule has 1 nitrogen and oxygen atoms in total. The highest BCUT2D eigenvalue weighted by atomic mass is 32.2. The fourth-order valence-corrected chi connectivity index (χ4v) is 3.76. The van der Waals surface area contributed by atoms with Gasteiger partial charge < -0.3 is 5.32 Å². The Morgan fingerprint density at radius 2 is 1.73 bits per heavy atom. The maximum Gasteiger partial charge on any atom is 0.127 e. The van der Waals surface area contributed by atoms with Gasteiger partial charge in [-0.2, -0.15) is 0 Å². The van der Waals surface area contributed by atoms with E-state index in [4.69, 9.17) is 0 Å². The van der Waals surface area contributed by atoms with Gasteiger partial charge in [-0.05, 0) is 42.2 Å². The van der Waals surface area contributed by atoms with Gasteiger partial charge in [0.25, 0.3) is 0 Å². The summed E-state index contributed by atoms with van der Waals surface area (Å²) < 4.78 is 13.6. The van der Waals surface area contributed by atoms with Crippen LogP contribution in [0, 0.1) is 5.82 Å². The Kier molecular flexibility index (Phi) is 5.52. The van der Waals surface area contributed by atoms with Crippen LogP contribution in [0.4, 0.5) is 4.39 Å². The Hall–Kier alpha value is -1.32. The summed E-state index contributed by atoms with van der Waals surface area (Å²) in [5.74, 6) is 0.555. The molecule has 0 aromatic heterocycles. The largest absolute Gasteiger partial charge is 0.310 e. The number of benzene rings is 2. The molecule has 2 aromatic carbocycles. The zero-order valence-electron chi connectivity index (χ0n) is 12.7. The maximum atomic E-state index is 13.6. The van der Waals surface area contributed by atoms with Crippen molar-refractivity contribution in [3.05, 3.63) is 65.5 Å². The van der Waals surface area contributed by atoms with Crippen molar-refractivity contribution < 1.29 is 4.39 Å². The molecule has 3 rings (SSSR count). The minimum Gasteiger partial charge on any atom is -0.310 e. The van der Waals surface area contributed by atoms with Crippen LogP contribution in [0.3, 0.4) is 0 Å². The Labute approximate surface area is 136 Å². The SMILES string of the molecule is Fc1ccccc1CSc1ccc(CNC2CCCC2)cc1. The van der Waals surface area contributed by atoms with E-state index in [1.165, 1.54) is 42.2 Å². The number of hydrogen-bond donors (Lipinski definition) is 1. The molecule has 0 aliphatic heterocycles. The van der Waals surface area contributed by atoms with Gasteiger partial charge in [-0.15, -0.1) is 11.8 Å². The van der Waals surface area contributed by atoms with Crippen LogP contribution in [0.15, 0.2) is 53.4 Å². The fourth-order valence-electron chi connectivity index (χ4n) is 2.87. The summed E-state index contributed by atoms with van der Waals surface area (Å²) in [6.45, 7) is 0.947. The van der Waals surface area contributed by atoms with Gasteiger partial charge in [0.2, 0.25) is 0 Å². The number of thioether (sulfide) groups is 1. The molecule has 2 aromatic rings. The lowest BCUT2D eigenvalue weighted by Gasteiger charge is -2.12. The second-order valence-corrected chi connectivity index (χ2v) is 6.94. The lowest BCUT2D eigenvalue weighted by Crippen LogP contribution is -2.25. The van der Waals surface area contributed by atoms with Crippen LogP contribution < -0.4 is 5.32 Å². The molecular formula is C19H22FNS. The van der Waals surface area contributed by atoms with Crippen molar-refractivity contribution in [2.75, 3.05) is 0 Å². The van der Waals surface area contributed by atoms with Crippen LogP contribution in [0.25, 0.3) is 0 Å². The lowest BCUT2D eigenvalue weighted by molar-refractivity contribution is 0.524. The Balaban J connectivity index is 1.49. The molecule has 1 fully saturated rings. The number of hydrogen-bond acceptors (Lipinski definition) is 2. The summed E-state index contributed by atoms with van der Waals surface area (Å²) in [7, 11) is 0. The van der Waals surface area contributed by atoms with E-state index in [-0.39, 0.29) is 5.82 Å². The predicted octanol–water partition coefficient (Wildman–Crippen LogP) is 5.15. The van der Waals surface area contributed by atoms with Crippen LogP contribution in [0.1, 0.15) is 36.8 Å². The standard InChI is InChI=1S/C19H22FNS/c20-19-8-4-1-5-16(19)14-22-18-11-9-15(10-12-18)13-21-17-6-2-3-7-17/h1,4-5,8-12,17,21H,2-3,6-7,13-14H2. The van der Waals surface area contributed by atoms with Crippen molar-refractivity contribution >= 4 is 11.8 Å². The molecule has 0 spiro atoms. The zero-order chi connectivity index (χ0) is 15.2. The van der Waals surface area contributed by atoms with Gasteiger partial charge >= 0.3 is 0 Å². The highest BCUT2D eigenvalue weighted by molar-refractivity contribution is 7.98. The minimum absolute atomic E-state index is 0.118. The van der Waals surface area contributed by atoms with E-state index in [1.807, 2.05) is 12.1 Å². The van der Waals surface area contributed by atoms with E-state index in [1.54, 1.807) is 17.8 Å². The third-order valence-corrected chi connectivity index (χ3v) is 5.29. The number of nitrogens with one attached hydrogen (secondary N) is 1. The summed E-state index contributed by atoms with van der Waals surface area (Å²) in [4.78, 5) is 1.19. The van der Waals surface area contributed by atoms with Gasteiger partial charge in [-0.25, -0.2) is 4.39 Å². The molecule has 0 unspecified atom stereocenters. The number of rotatable bonds is 6. The quantitative estimate of drug-likeness (QED) is 0.740. The fraction of sp³-hybridized carbons (Fsp3) is 0.368. The van der Waals surface area contributed by atoms with Gasteiger partial charge in [0, 0.05) is 23.2 Å². The van der Waals surface area contributed by atoms with E-state index < -0.39 is 0 Å². The smallest absolute Gasteiger partial charge is 0.127 e. The summed E-state index contributed by atoms with van der Waals surface area (Å²) in [5.41, 5.74) is 2.08.